The molecule has 0 saturated heterocycles. The molecule has 4 nitrogen and oxygen atoms in total. The van der Waals surface area contributed by atoms with E-state index in [-0.39, 0.29) is 11.7 Å². The minimum Gasteiger partial charge on any atom is -0.493 e. The van der Waals surface area contributed by atoms with E-state index in [1.165, 1.54) is 0 Å². The number of H-pyrrole nitrogens is 1. The second-order valence-electron chi connectivity index (χ2n) is 6.40. The average Bonchev–Trinajstić information content (AvgIpc) is 3.01. The van der Waals surface area contributed by atoms with Crippen molar-refractivity contribution in [1.29, 1.82) is 0 Å². The first-order chi connectivity index (χ1) is 10.6. The highest BCUT2D eigenvalue weighted by Gasteiger charge is 2.28. The third-order valence-corrected chi connectivity index (χ3v) is 4.08. The normalized spacial score (nSPS) is 17.6. The Bertz CT molecular complexity index is 647. The molecular weight excluding hydrogens is 276 g/mol. The van der Waals surface area contributed by atoms with E-state index in [0.717, 1.165) is 41.8 Å². The number of aryl methyl sites for hydroxylation is 1. The lowest BCUT2D eigenvalue weighted by atomic mass is 9.80. The monoisotopic (exact) mass is 298 g/mol. The predicted octanol–water partition coefficient (Wildman–Crippen LogP) is 3.43. The first kappa shape index (κ1) is 14.8. The molecule has 4 heteroatoms. The molecule has 1 aliphatic carbocycles. The van der Waals surface area contributed by atoms with Gasteiger partial charge in [0.1, 0.15) is 5.75 Å². The van der Waals surface area contributed by atoms with E-state index >= 15 is 0 Å². The van der Waals surface area contributed by atoms with Crippen molar-refractivity contribution < 1.29 is 9.53 Å². The number of imidazole rings is 1. The van der Waals surface area contributed by atoms with Gasteiger partial charge in [-0.25, -0.2) is 4.98 Å². The molecule has 1 heterocycles. The Kier molecular flexibility index (Phi) is 4.27. The number of fused-ring (bicyclic) bond motifs is 1. The van der Waals surface area contributed by atoms with Gasteiger partial charge in [-0.3, -0.25) is 4.79 Å². The van der Waals surface area contributed by atoms with E-state index in [1.54, 1.807) is 12.5 Å². The van der Waals surface area contributed by atoms with Crippen LogP contribution in [-0.2, 0) is 12.8 Å². The summed E-state index contributed by atoms with van der Waals surface area (Å²) in [7, 11) is 0. The van der Waals surface area contributed by atoms with Gasteiger partial charge in [-0.2, -0.15) is 0 Å². The lowest BCUT2D eigenvalue weighted by molar-refractivity contribution is 0.0900. The number of carbonyl (C=O) groups is 1. The Morgan fingerprint density at radius 1 is 1.41 bits per heavy atom. The molecule has 1 aromatic heterocycles. The molecule has 0 spiro atoms. The lowest BCUT2D eigenvalue weighted by Gasteiger charge is -2.23. The summed E-state index contributed by atoms with van der Waals surface area (Å²) in [5.74, 6) is 1.66. The molecule has 22 heavy (non-hydrogen) atoms. The Balaban J connectivity index is 1.73. The van der Waals surface area contributed by atoms with Gasteiger partial charge >= 0.3 is 0 Å². The summed E-state index contributed by atoms with van der Waals surface area (Å²) >= 11 is 0. The standard InChI is InChI=1S/C18H22N2O2/c1-12(2)10-22-16-5-6-17-13(8-16)3-4-14(18(17)21)7-15-9-19-11-20-15/h5-6,8-9,11-12,14H,3-4,7,10H2,1-2H3,(H,19,20). The maximum Gasteiger partial charge on any atom is 0.166 e. The van der Waals surface area contributed by atoms with Crippen LogP contribution in [0.25, 0.3) is 0 Å². The number of hydrogen-bond acceptors (Lipinski definition) is 3. The summed E-state index contributed by atoms with van der Waals surface area (Å²) < 4.78 is 5.76. The van der Waals surface area contributed by atoms with Crippen molar-refractivity contribution in [2.45, 2.75) is 33.1 Å². The summed E-state index contributed by atoms with van der Waals surface area (Å²) in [6.45, 7) is 4.96. The van der Waals surface area contributed by atoms with Gasteiger partial charge in [0.05, 0.1) is 12.9 Å². The molecule has 1 unspecified atom stereocenters. The average molecular weight is 298 g/mol. The van der Waals surface area contributed by atoms with E-state index in [9.17, 15) is 4.79 Å². The zero-order valence-electron chi connectivity index (χ0n) is 13.1. The number of aromatic nitrogens is 2. The molecule has 1 N–H and O–H groups in total. The van der Waals surface area contributed by atoms with Gasteiger partial charge in [-0.1, -0.05) is 13.8 Å². The molecule has 0 fully saturated rings. The van der Waals surface area contributed by atoms with Gasteiger partial charge in [-0.15, -0.1) is 0 Å². The number of rotatable bonds is 5. The van der Waals surface area contributed by atoms with Gasteiger partial charge in [0, 0.05) is 23.4 Å². The number of Topliss-reactive ketones (excluding diaryl/α,β-unsaturated/α-hetero) is 1. The number of aromatic amines is 1. The van der Waals surface area contributed by atoms with Crippen molar-refractivity contribution >= 4 is 5.78 Å². The van der Waals surface area contributed by atoms with Gasteiger partial charge in [0.2, 0.25) is 0 Å². The Morgan fingerprint density at radius 3 is 3.00 bits per heavy atom. The van der Waals surface area contributed by atoms with Gasteiger partial charge in [0.25, 0.3) is 0 Å². The molecule has 0 amide bonds. The Labute approximate surface area is 130 Å². The molecule has 1 aromatic carbocycles. The van der Waals surface area contributed by atoms with Crippen LogP contribution in [0, 0.1) is 11.8 Å². The second kappa shape index (κ2) is 6.34. The van der Waals surface area contributed by atoms with E-state index in [4.69, 9.17) is 4.74 Å². The molecule has 3 rings (SSSR count). The van der Waals surface area contributed by atoms with Gasteiger partial charge < -0.3 is 9.72 Å². The van der Waals surface area contributed by atoms with Crippen molar-refractivity contribution in [1.82, 2.24) is 9.97 Å². The van der Waals surface area contributed by atoms with Crippen LogP contribution < -0.4 is 4.74 Å². The molecule has 2 aromatic rings. The van der Waals surface area contributed by atoms with E-state index in [2.05, 4.69) is 23.8 Å². The first-order valence-electron chi connectivity index (χ1n) is 7.90. The molecule has 1 atom stereocenters. The zero-order chi connectivity index (χ0) is 15.5. The quantitative estimate of drug-likeness (QED) is 0.920. The largest absolute Gasteiger partial charge is 0.493 e. The van der Waals surface area contributed by atoms with Crippen LogP contribution in [-0.4, -0.2) is 22.4 Å². The fourth-order valence-corrected chi connectivity index (χ4v) is 2.91. The smallest absolute Gasteiger partial charge is 0.166 e. The number of nitrogens with zero attached hydrogens (tertiary/aromatic N) is 1. The number of hydrogen-bond donors (Lipinski definition) is 1. The summed E-state index contributed by atoms with van der Waals surface area (Å²) in [5.41, 5.74) is 3.00. The van der Waals surface area contributed by atoms with Crippen LogP contribution in [0.2, 0.25) is 0 Å². The minimum atomic E-state index is 0.0513. The molecule has 1 aliphatic rings. The van der Waals surface area contributed by atoms with Crippen LogP contribution >= 0.6 is 0 Å². The van der Waals surface area contributed by atoms with Crippen LogP contribution in [0.5, 0.6) is 5.75 Å². The van der Waals surface area contributed by atoms with Crippen LogP contribution in [0.15, 0.2) is 30.7 Å². The maximum atomic E-state index is 12.6. The predicted molar refractivity (Wildman–Crippen MR) is 85.2 cm³/mol. The number of ether oxygens (including phenoxy) is 1. The van der Waals surface area contributed by atoms with E-state index in [1.807, 2.05) is 18.2 Å². The Morgan fingerprint density at radius 2 is 2.27 bits per heavy atom. The van der Waals surface area contributed by atoms with Crippen LogP contribution in [0.4, 0.5) is 0 Å². The van der Waals surface area contributed by atoms with Crippen LogP contribution in [0.1, 0.15) is 41.9 Å². The van der Waals surface area contributed by atoms with E-state index in [0.29, 0.717) is 12.5 Å². The topological polar surface area (TPSA) is 55.0 Å². The third-order valence-electron chi connectivity index (χ3n) is 4.08. The summed E-state index contributed by atoms with van der Waals surface area (Å²) in [6.07, 6.45) is 6.02. The summed E-state index contributed by atoms with van der Waals surface area (Å²) in [6, 6.07) is 5.87. The van der Waals surface area contributed by atoms with Crippen LogP contribution in [0.3, 0.4) is 0 Å². The van der Waals surface area contributed by atoms with Crippen molar-refractivity contribution in [2.75, 3.05) is 6.61 Å². The molecule has 0 aliphatic heterocycles. The fourth-order valence-electron chi connectivity index (χ4n) is 2.91. The van der Waals surface area contributed by atoms with Gasteiger partial charge in [-0.05, 0) is 48.9 Å². The third kappa shape index (κ3) is 3.21. The second-order valence-corrected chi connectivity index (χ2v) is 6.40. The van der Waals surface area contributed by atoms with Crippen molar-refractivity contribution in [3.63, 3.8) is 0 Å². The van der Waals surface area contributed by atoms with Gasteiger partial charge in [0.15, 0.2) is 5.78 Å². The highest BCUT2D eigenvalue weighted by molar-refractivity contribution is 6.00. The van der Waals surface area contributed by atoms with E-state index < -0.39 is 0 Å². The SMILES string of the molecule is CC(C)COc1ccc2c(c1)CCC(Cc1cnc[nH]1)C2=O. The molecule has 0 bridgehead atoms. The summed E-state index contributed by atoms with van der Waals surface area (Å²) in [5, 5.41) is 0. The van der Waals surface area contributed by atoms with Crippen molar-refractivity contribution in [2.24, 2.45) is 11.8 Å². The molecular formula is C18H22N2O2. The van der Waals surface area contributed by atoms with Crippen molar-refractivity contribution in [3.8, 4) is 5.75 Å². The zero-order valence-corrected chi connectivity index (χ0v) is 13.1. The van der Waals surface area contributed by atoms with Crippen molar-refractivity contribution in [3.05, 3.63) is 47.5 Å². The summed E-state index contributed by atoms with van der Waals surface area (Å²) in [4.78, 5) is 19.7. The lowest BCUT2D eigenvalue weighted by Crippen LogP contribution is -2.24. The number of benzene rings is 1. The minimum absolute atomic E-state index is 0.0513. The molecule has 0 radical (unpaired) electrons. The number of carbonyl (C=O) groups excluding carboxylic acids is 1. The Hall–Kier alpha value is -2.10. The first-order valence-corrected chi connectivity index (χ1v) is 7.90. The fraction of sp³-hybridized carbons (Fsp3) is 0.444. The highest BCUT2D eigenvalue weighted by Crippen LogP contribution is 2.30. The molecule has 116 valence electrons. The maximum absolute atomic E-state index is 12.6. The highest BCUT2D eigenvalue weighted by atomic mass is 16.5. The number of ketones is 1. The molecule has 0 saturated carbocycles. The number of nitrogens with one attached hydrogen (secondary N) is 1.